The average molecular weight is 451 g/mol. The van der Waals surface area contributed by atoms with Crippen LogP contribution in [0.25, 0.3) is 0 Å². The average Bonchev–Trinajstić information content (AvgIpc) is 2.83. The molecule has 0 spiro atoms. The van der Waals surface area contributed by atoms with Crippen molar-refractivity contribution in [3.8, 4) is 5.75 Å². The van der Waals surface area contributed by atoms with E-state index in [0.29, 0.717) is 17.0 Å². The van der Waals surface area contributed by atoms with Crippen molar-refractivity contribution in [3.63, 3.8) is 0 Å². The predicted molar refractivity (Wildman–Crippen MR) is 125 cm³/mol. The summed E-state index contributed by atoms with van der Waals surface area (Å²) >= 11 is 0. The Balaban J connectivity index is 1.52. The van der Waals surface area contributed by atoms with Gasteiger partial charge in [0.15, 0.2) is 0 Å². The molecule has 1 amide bonds. The number of para-hydroxylation sites is 2. The van der Waals surface area contributed by atoms with E-state index in [9.17, 15) is 13.2 Å². The molecule has 0 fully saturated rings. The summed E-state index contributed by atoms with van der Waals surface area (Å²) in [6.07, 6.45) is 2.93. The molecule has 1 N–H and O–H groups in total. The normalized spacial score (nSPS) is 15.5. The lowest BCUT2D eigenvalue weighted by Gasteiger charge is -2.26. The van der Waals surface area contributed by atoms with Gasteiger partial charge >= 0.3 is 0 Å². The Bertz CT molecular complexity index is 1220. The summed E-state index contributed by atoms with van der Waals surface area (Å²) in [5.41, 5.74) is 3.29. The van der Waals surface area contributed by atoms with Gasteiger partial charge in [0.05, 0.1) is 23.7 Å². The molecule has 1 atom stereocenters. The first-order valence-electron chi connectivity index (χ1n) is 10.5. The summed E-state index contributed by atoms with van der Waals surface area (Å²) in [5.74, 6) is 0.246. The second kappa shape index (κ2) is 9.04. The Labute approximate surface area is 188 Å². The lowest BCUT2D eigenvalue weighted by molar-refractivity contribution is 0.0932. The van der Waals surface area contributed by atoms with E-state index in [4.69, 9.17) is 4.74 Å². The molecule has 1 aliphatic carbocycles. The molecule has 3 aromatic carbocycles. The van der Waals surface area contributed by atoms with Gasteiger partial charge in [-0.1, -0.05) is 36.4 Å². The van der Waals surface area contributed by atoms with Gasteiger partial charge in [0.25, 0.3) is 15.9 Å². The van der Waals surface area contributed by atoms with Crippen molar-refractivity contribution in [2.24, 2.45) is 0 Å². The minimum Gasteiger partial charge on any atom is -0.495 e. The highest BCUT2D eigenvalue weighted by Crippen LogP contribution is 2.32. The van der Waals surface area contributed by atoms with Gasteiger partial charge in [-0.25, -0.2) is 8.42 Å². The number of amides is 1. The fourth-order valence-electron chi connectivity index (χ4n) is 4.10. The molecule has 32 heavy (non-hydrogen) atoms. The zero-order chi connectivity index (χ0) is 22.7. The van der Waals surface area contributed by atoms with Crippen molar-refractivity contribution in [1.29, 1.82) is 0 Å². The standard InChI is InChI=1S/C25H26N2O4S/c1-27(23-12-5-6-13-24(23)31-2)32(29,30)20-16-14-19(15-17-20)25(28)26-22-11-7-9-18-8-3-4-10-21(18)22/h3-6,8,10,12-17,22H,7,9,11H2,1-2H3,(H,26,28). The smallest absolute Gasteiger partial charge is 0.264 e. The highest BCUT2D eigenvalue weighted by atomic mass is 32.2. The largest absolute Gasteiger partial charge is 0.495 e. The van der Waals surface area contributed by atoms with Gasteiger partial charge in [-0.05, 0) is 66.8 Å². The summed E-state index contributed by atoms with van der Waals surface area (Å²) in [7, 11) is -0.835. The van der Waals surface area contributed by atoms with E-state index in [0.717, 1.165) is 24.8 Å². The van der Waals surface area contributed by atoms with Gasteiger partial charge in [0, 0.05) is 12.6 Å². The van der Waals surface area contributed by atoms with Gasteiger partial charge < -0.3 is 10.1 Å². The molecule has 1 unspecified atom stereocenters. The number of anilines is 1. The molecule has 0 aromatic heterocycles. The number of hydrogen-bond donors (Lipinski definition) is 1. The maximum absolute atomic E-state index is 13.1. The number of benzene rings is 3. The van der Waals surface area contributed by atoms with E-state index in [1.807, 2.05) is 12.1 Å². The molecular formula is C25H26N2O4S. The van der Waals surface area contributed by atoms with Crippen LogP contribution < -0.4 is 14.4 Å². The van der Waals surface area contributed by atoms with Crippen LogP contribution in [0.1, 0.15) is 40.4 Å². The first-order chi connectivity index (χ1) is 15.4. The fraction of sp³-hybridized carbons (Fsp3) is 0.240. The SMILES string of the molecule is COc1ccccc1N(C)S(=O)(=O)c1ccc(C(=O)NC2CCCc3ccccc32)cc1. The molecule has 4 rings (SSSR count). The van der Waals surface area contributed by atoms with Crippen LogP contribution >= 0.6 is 0 Å². The predicted octanol–water partition coefficient (Wildman–Crippen LogP) is 4.33. The third-order valence-corrected chi connectivity index (χ3v) is 7.66. The second-order valence-electron chi connectivity index (χ2n) is 7.79. The number of carbonyl (C=O) groups excluding carboxylic acids is 1. The van der Waals surface area contributed by atoms with Crippen molar-refractivity contribution in [2.45, 2.75) is 30.2 Å². The molecule has 0 aliphatic heterocycles. The zero-order valence-electron chi connectivity index (χ0n) is 18.1. The van der Waals surface area contributed by atoms with E-state index in [1.165, 1.54) is 36.2 Å². The fourth-order valence-corrected chi connectivity index (χ4v) is 5.31. The molecule has 0 saturated carbocycles. The molecule has 7 heteroatoms. The van der Waals surface area contributed by atoms with Gasteiger partial charge in [0.2, 0.25) is 0 Å². The van der Waals surface area contributed by atoms with E-state index in [2.05, 4.69) is 17.4 Å². The number of rotatable bonds is 6. The summed E-state index contributed by atoms with van der Waals surface area (Å²) in [5, 5.41) is 3.10. The number of hydrogen-bond acceptors (Lipinski definition) is 4. The lowest BCUT2D eigenvalue weighted by Crippen LogP contribution is -2.31. The Morgan fingerprint density at radius 3 is 2.44 bits per heavy atom. The Morgan fingerprint density at radius 2 is 1.69 bits per heavy atom. The van der Waals surface area contributed by atoms with E-state index >= 15 is 0 Å². The summed E-state index contributed by atoms with van der Waals surface area (Å²) in [6, 6.07) is 21.1. The van der Waals surface area contributed by atoms with Crippen LogP contribution in [0.3, 0.4) is 0 Å². The molecule has 0 radical (unpaired) electrons. The third kappa shape index (κ3) is 4.21. The molecule has 0 heterocycles. The van der Waals surface area contributed by atoms with Crippen LogP contribution in [0.4, 0.5) is 5.69 Å². The summed E-state index contributed by atoms with van der Waals surface area (Å²) in [4.78, 5) is 12.9. The van der Waals surface area contributed by atoms with E-state index < -0.39 is 10.0 Å². The first-order valence-corrected chi connectivity index (χ1v) is 12.0. The Morgan fingerprint density at radius 1 is 1.00 bits per heavy atom. The second-order valence-corrected chi connectivity index (χ2v) is 9.76. The number of nitrogens with one attached hydrogen (secondary N) is 1. The Kier molecular flexibility index (Phi) is 6.19. The number of nitrogens with zero attached hydrogens (tertiary/aromatic N) is 1. The lowest BCUT2D eigenvalue weighted by atomic mass is 9.87. The minimum absolute atomic E-state index is 0.0347. The number of aryl methyl sites for hydroxylation is 1. The van der Waals surface area contributed by atoms with Crippen LogP contribution in [0, 0.1) is 0 Å². The summed E-state index contributed by atoms with van der Waals surface area (Å²) < 4.78 is 32.7. The van der Waals surface area contributed by atoms with Crippen molar-refractivity contribution >= 4 is 21.6 Å². The maximum Gasteiger partial charge on any atom is 0.264 e. The van der Waals surface area contributed by atoms with E-state index in [1.54, 1.807) is 36.4 Å². The van der Waals surface area contributed by atoms with Crippen molar-refractivity contribution in [2.75, 3.05) is 18.5 Å². The van der Waals surface area contributed by atoms with Gasteiger partial charge in [-0.3, -0.25) is 9.10 Å². The molecule has 0 saturated heterocycles. The molecule has 1 aliphatic rings. The summed E-state index contributed by atoms with van der Waals surface area (Å²) in [6.45, 7) is 0. The molecule has 6 nitrogen and oxygen atoms in total. The molecule has 166 valence electrons. The van der Waals surface area contributed by atoms with Crippen LogP contribution in [0.15, 0.2) is 77.7 Å². The number of ether oxygens (including phenoxy) is 1. The van der Waals surface area contributed by atoms with Crippen LogP contribution in [0.2, 0.25) is 0 Å². The number of carbonyl (C=O) groups is 1. The highest BCUT2D eigenvalue weighted by Gasteiger charge is 2.25. The number of fused-ring (bicyclic) bond motifs is 1. The van der Waals surface area contributed by atoms with Crippen LogP contribution in [-0.4, -0.2) is 28.5 Å². The Hall–Kier alpha value is -3.32. The van der Waals surface area contributed by atoms with Crippen molar-refractivity contribution < 1.29 is 17.9 Å². The number of sulfonamides is 1. The van der Waals surface area contributed by atoms with Gasteiger partial charge in [-0.2, -0.15) is 0 Å². The maximum atomic E-state index is 13.1. The van der Waals surface area contributed by atoms with Crippen molar-refractivity contribution in [3.05, 3.63) is 89.5 Å². The van der Waals surface area contributed by atoms with Crippen LogP contribution in [-0.2, 0) is 16.4 Å². The molecule has 0 bridgehead atoms. The number of methoxy groups -OCH3 is 1. The zero-order valence-corrected chi connectivity index (χ0v) is 18.9. The van der Waals surface area contributed by atoms with Crippen molar-refractivity contribution in [1.82, 2.24) is 5.32 Å². The molecular weight excluding hydrogens is 424 g/mol. The quantitative estimate of drug-likeness (QED) is 0.607. The van der Waals surface area contributed by atoms with Crippen LogP contribution in [0.5, 0.6) is 5.75 Å². The third-order valence-electron chi connectivity index (χ3n) is 5.87. The highest BCUT2D eigenvalue weighted by molar-refractivity contribution is 7.92. The monoisotopic (exact) mass is 450 g/mol. The minimum atomic E-state index is -3.81. The molecule has 3 aromatic rings. The van der Waals surface area contributed by atoms with Gasteiger partial charge in [0.1, 0.15) is 5.75 Å². The topological polar surface area (TPSA) is 75.7 Å². The van der Waals surface area contributed by atoms with Gasteiger partial charge in [-0.15, -0.1) is 0 Å². The first kappa shape index (κ1) is 21.9. The van der Waals surface area contributed by atoms with E-state index in [-0.39, 0.29) is 16.8 Å².